The van der Waals surface area contributed by atoms with Crippen LogP contribution in [-0.2, 0) is 6.18 Å². The van der Waals surface area contributed by atoms with E-state index in [1.54, 1.807) is 6.92 Å². The molecule has 0 atom stereocenters. The SMILES string of the molecule is Cc1ccoc1C(=O)c1ccc(F)c(C(F)(F)F)c1. The molecule has 0 aliphatic rings. The summed E-state index contributed by atoms with van der Waals surface area (Å²) in [4.78, 5) is 11.9. The maximum Gasteiger partial charge on any atom is 0.419 e. The van der Waals surface area contributed by atoms with Crippen molar-refractivity contribution in [3.05, 3.63) is 58.8 Å². The summed E-state index contributed by atoms with van der Waals surface area (Å²) in [6, 6.07) is 3.62. The van der Waals surface area contributed by atoms with Gasteiger partial charge in [-0.25, -0.2) is 4.39 Å². The van der Waals surface area contributed by atoms with Gasteiger partial charge in [0.1, 0.15) is 5.82 Å². The Balaban J connectivity index is 2.48. The van der Waals surface area contributed by atoms with E-state index >= 15 is 0 Å². The molecule has 0 amide bonds. The molecule has 19 heavy (non-hydrogen) atoms. The Morgan fingerprint density at radius 2 is 1.89 bits per heavy atom. The van der Waals surface area contributed by atoms with Crippen molar-refractivity contribution in [2.24, 2.45) is 0 Å². The predicted octanol–water partition coefficient (Wildman–Crippen LogP) is 3.98. The van der Waals surface area contributed by atoms with E-state index in [4.69, 9.17) is 4.42 Å². The number of furan rings is 1. The van der Waals surface area contributed by atoms with E-state index in [1.807, 2.05) is 0 Å². The Morgan fingerprint density at radius 3 is 2.42 bits per heavy atom. The average molecular weight is 272 g/mol. The predicted molar refractivity (Wildman–Crippen MR) is 58.3 cm³/mol. The molecule has 1 heterocycles. The zero-order valence-electron chi connectivity index (χ0n) is 9.72. The van der Waals surface area contributed by atoms with Gasteiger partial charge in [-0.1, -0.05) is 0 Å². The molecule has 2 nitrogen and oxygen atoms in total. The highest BCUT2D eigenvalue weighted by atomic mass is 19.4. The third kappa shape index (κ3) is 2.52. The minimum Gasteiger partial charge on any atom is -0.461 e. The lowest BCUT2D eigenvalue weighted by Gasteiger charge is -2.09. The normalized spacial score (nSPS) is 11.6. The van der Waals surface area contributed by atoms with Gasteiger partial charge in [-0.15, -0.1) is 0 Å². The smallest absolute Gasteiger partial charge is 0.419 e. The molecule has 0 aliphatic heterocycles. The summed E-state index contributed by atoms with van der Waals surface area (Å²) in [7, 11) is 0. The van der Waals surface area contributed by atoms with E-state index < -0.39 is 23.3 Å². The van der Waals surface area contributed by atoms with Crippen LogP contribution in [0.25, 0.3) is 0 Å². The molecule has 2 aromatic rings. The van der Waals surface area contributed by atoms with Gasteiger partial charge in [0, 0.05) is 5.56 Å². The van der Waals surface area contributed by atoms with E-state index in [2.05, 4.69) is 0 Å². The lowest BCUT2D eigenvalue weighted by molar-refractivity contribution is -0.140. The molecular weight excluding hydrogens is 264 g/mol. The molecule has 0 radical (unpaired) electrons. The van der Waals surface area contributed by atoms with Crippen molar-refractivity contribution in [1.29, 1.82) is 0 Å². The van der Waals surface area contributed by atoms with Crippen LogP contribution in [0.1, 0.15) is 27.2 Å². The number of halogens is 4. The standard InChI is InChI=1S/C13H8F4O2/c1-7-4-5-19-12(7)11(18)8-2-3-10(14)9(6-8)13(15,16)17/h2-6H,1H3. The van der Waals surface area contributed by atoms with Gasteiger partial charge in [0.15, 0.2) is 5.76 Å². The Kier molecular flexibility index (Phi) is 3.18. The van der Waals surface area contributed by atoms with Crippen LogP contribution in [0, 0.1) is 12.7 Å². The lowest BCUT2D eigenvalue weighted by atomic mass is 10.0. The zero-order chi connectivity index (χ0) is 14.2. The van der Waals surface area contributed by atoms with Crippen LogP contribution in [0.4, 0.5) is 17.6 Å². The molecule has 6 heteroatoms. The molecule has 1 aromatic heterocycles. The number of benzene rings is 1. The van der Waals surface area contributed by atoms with Crippen molar-refractivity contribution >= 4 is 5.78 Å². The number of hydrogen-bond donors (Lipinski definition) is 0. The largest absolute Gasteiger partial charge is 0.461 e. The highest BCUT2D eigenvalue weighted by molar-refractivity contribution is 6.08. The highest BCUT2D eigenvalue weighted by Gasteiger charge is 2.35. The highest BCUT2D eigenvalue weighted by Crippen LogP contribution is 2.32. The minimum atomic E-state index is -4.85. The minimum absolute atomic E-state index is 0.0558. The Hall–Kier alpha value is -2.11. The molecule has 0 fully saturated rings. The molecule has 0 bridgehead atoms. The summed E-state index contributed by atoms with van der Waals surface area (Å²) >= 11 is 0. The fraction of sp³-hybridized carbons (Fsp3) is 0.154. The van der Waals surface area contributed by atoms with Crippen molar-refractivity contribution in [3.8, 4) is 0 Å². The number of carbonyl (C=O) groups excluding carboxylic acids is 1. The molecule has 0 spiro atoms. The molecular formula is C13H8F4O2. The van der Waals surface area contributed by atoms with Gasteiger partial charge in [0.05, 0.1) is 11.8 Å². The number of ketones is 1. The van der Waals surface area contributed by atoms with Crippen molar-refractivity contribution < 1.29 is 26.8 Å². The summed E-state index contributed by atoms with van der Waals surface area (Å²) in [5.74, 6) is -2.19. The van der Waals surface area contributed by atoms with Gasteiger partial charge in [-0.3, -0.25) is 4.79 Å². The first kappa shape index (κ1) is 13.3. The summed E-state index contributed by atoms with van der Waals surface area (Å²) in [6.07, 6.45) is -3.59. The van der Waals surface area contributed by atoms with Crippen LogP contribution in [0.3, 0.4) is 0 Å². The van der Waals surface area contributed by atoms with Gasteiger partial charge < -0.3 is 4.42 Å². The quantitative estimate of drug-likeness (QED) is 0.611. The third-order valence-corrected chi connectivity index (χ3v) is 2.60. The fourth-order valence-electron chi connectivity index (χ4n) is 1.62. The molecule has 0 saturated heterocycles. The molecule has 0 N–H and O–H groups in total. The third-order valence-electron chi connectivity index (χ3n) is 2.60. The van der Waals surface area contributed by atoms with Crippen LogP contribution in [0.2, 0.25) is 0 Å². The van der Waals surface area contributed by atoms with E-state index in [0.717, 1.165) is 6.07 Å². The second-order valence-electron chi connectivity index (χ2n) is 3.95. The Morgan fingerprint density at radius 1 is 1.21 bits per heavy atom. The van der Waals surface area contributed by atoms with E-state index in [9.17, 15) is 22.4 Å². The van der Waals surface area contributed by atoms with E-state index in [-0.39, 0.29) is 11.3 Å². The Labute approximate surface area is 105 Å². The van der Waals surface area contributed by atoms with Crippen LogP contribution in [0.15, 0.2) is 34.9 Å². The maximum absolute atomic E-state index is 13.1. The lowest BCUT2D eigenvalue weighted by Crippen LogP contribution is -2.11. The summed E-state index contributed by atoms with van der Waals surface area (Å²) in [6.45, 7) is 1.59. The Bertz CT molecular complexity index is 626. The van der Waals surface area contributed by atoms with E-state index in [1.165, 1.54) is 12.3 Å². The van der Waals surface area contributed by atoms with Crippen molar-refractivity contribution in [2.45, 2.75) is 13.1 Å². The average Bonchev–Trinajstić information content (AvgIpc) is 2.73. The van der Waals surface area contributed by atoms with Crippen molar-refractivity contribution in [2.75, 3.05) is 0 Å². The molecule has 0 unspecified atom stereocenters. The van der Waals surface area contributed by atoms with Crippen LogP contribution in [-0.4, -0.2) is 5.78 Å². The number of aryl methyl sites for hydroxylation is 1. The fourth-order valence-corrected chi connectivity index (χ4v) is 1.62. The van der Waals surface area contributed by atoms with E-state index in [0.29, 0.717) is 17.7 Å². The van der Waals surface area contributed by atoms with Crippen LogP contribution < -0.4 is 0 Å². The topological polar surface area (TPSA) is 30.2 Å². The number of alkyl halides is 3. The maximum atomic E-state index is 13.1. The zero-order valence-corrected chi connectivity index (χ0v) is 9.72. The van der Waals surface area contributed by atoms with Crippen LogP contribution >= 0.6 is 0 Å². The first-order chi connectivity index (χ1) is 8.80. The molecule has 1 aromatic carbocycles. The first-order valence-electron chi connectivity index (χ1n) is 5.26. The van der Waals surface area contributed by atoms with Gasteiger partial charge in [0.25, 0.3) is 0 Å². The molecule has 0 aliphatic carbocycles. The second kappa shape index (κ2) is 4.53. The van der Waals surface area contributed by atoms with Gasteiger partial charge in [-0.2, -0.15) is 13.2 Å². The van der Waals surface area contributed by atoms with Gasteiger partial charge >= 0.3 is 6.18 Å². The first-order valence-corrected chi connectivity index (χ1v) is 5.26. The number of carbonyl (C=O) groups is 1. The van der Waals surface area contributed by atoms with Gasteiger partial charge in [-0.05, 0) is 36.8 Å². The molecule has 2 rings (SSSR count). The summed E-state index contributed by atoms with van der Waals surface area (Å²) < 4.78 is 55.6. The summed E-state index contributed by atoms with van der Waals surface area (Å²) in [5.41, 5.74) is -1.24. The van der Waals surface area contributed by atoms with Gasteiger partial charge in [0.2, 0.25) is 5.78 Å². The monoisotopic (exact) mass is 272 g/mol. The number of hydrogen-bond acceptors (Lipinski definition) is 2. The van der Waals surface area contributed by atoms with Crippen molar-refractivity contribution in [1.82, 2.24) is 0 Å². The summed E-state index contributed by atoms with van der Waals surface area (Å²) in [5, 5.41) is 0. The number of rotatable bonds is 2. The second-order valence-corrected chi connectivity index (χ2v) is 3.95. The molecule has 100 valence electrons. The molecule has 0 saturated carbocycles. The van der Waals surface area contributed by atoms with Crippen molar-refractivity contribution in [3.63, 3.8) is 0 Å². The van der Waals surface area contributed by atoms with Crippen LogP contribution in [0.5, 0.6) is 0 Å².